The van der Waals surface area contributed by atoms with Gasteiger partial charge in [0.05, 0.1) is 0 Å². The summed E-state index contributed by atoms with van der Waals surface area (Å²) in [6.45, 7) is 4.17. The van der Waals surface area contributed by atoms with E-state index >= 15 is 0 Å². The molecule has 0 aliphatic rings. The molecule has 0 fully saturated rings. The van der Waals surface area contributed by atoms with Gasteiger partial charge in [-0.1, -0.05) is 19.4 Å². The maximum Gasteiger partial charge on any atom is 0.336 e. The SMILES string of the molecule is CCCCc1cc(=O)oc2cc(O[C@@H](C)C(=O)NCc3cccnc3)ccc12. The molecule has 146 valence electrons. The number of ether oxygens (including phenoxy) is 1. The fourth-order valence-electron chi connectivity index (χ4n) is 2.95. The fourth-order valence-corrected chi connectivity index (χ4v) is 2.95. The van der Waals surface area contributed by atoms with Crippen LogP contribution in [0.2, 0.25) is 0 Å². The number of nitrogens with zero attached hydrogens (tertiary/aromatic N) is 1. The van der Waals surface area contributed by atoms with Crippen molar-refractivity contribution in [2.24, 2.45) is 0 Å². The molecular formula is C22H24N2O4. The van der Waals surface area contributed by atoms with Crippen LogP contribution in [0, 0.1) is 0 Å². The summed E-state index contributed by atoms with van der Waals surface area (Å²) in [7, 11) is 0. The molecule has 0 saturated carbocycles. The molecule has 0 saturated heterocycles. The number of carbonyl (C=O) groups is 1. The van der Waals surface area contributed by atoms with E-state index in [0.29, 0.717) is 17.9 Å². The standard InChI is InChI=1S/C22H24N2O4/c1-3-4-7-17-11-21(25)28-20-12-18(8-9-19(17)20)27-15(2)22(26)24-14-16-6-5-10-23-13-16/h5-6,8-13,15H,3-4,7,14H2,1-2H3,(H,24,26)/t15-/m0/s1. The summed E-state index contributed by atoms with van der Waals surface area (Å²) in [6, 6.07) is 10.6. The summed E-state index contributed by atoms with van der Waals surface area (Å²) in [6.07, 6.45) is 5.57. The topological polar surface area (TPSA) is 81.4 Å². The van der Waals surface area contributed by atoms with Gasteiger partial charge in [-0.15, -0.1) is 0 Å². The number of pyridine rings is 1. The first kappa shape index (κ1) is 19.6. The number of hydrogen-bond donors (Lipinski definition) is 1. The van der Waals surface area contributed by atoms with E-state index in [1.807, 2.05) is 18.2 Å². The number of nitrogens with one attached hydrogen (secondary N) is 1. The van der Waals surface area contributed by atoms with Gasteiger partial charge < -0.3 is 14.5 Å². The van der Waals surface area contributed by atoms with E-state index in [9.17, 15) is 9.59 Å². The molecule has 0 aliphatic carbocycles. The Hall–Kier alpha value is -3.15. The minimum atomic E-state index is -0.691. The van der Waals surface area contributed by atoms with Gasteiger partial charge in [0.15, 0.2) is 6.10 Å². The molecule has 0 unspecified atom stereocenters. The van der Waals surface area contributed by atoms with Gasteiger partial charge in [0.1, 0.15) is 11.3 Å². The van der Waals surface area contributed by atoms with Crippen LogP contribution in [0.15, 0.2) is 58.0 Å². The lowest BCUT2D eigenvalue weighted by Crippen LogP contribution is -2.35. The van der Waals surface area contributed by atoms with Gasteiger partial charge in [0.2, 0.25) is 0 Å². The fraction of sp³-hybridized carbons (Fsp3) is 0.318. The molecule has 0 spiro atoms. The molecule has 2 heterocycles. The number of hydrogen-bond acceptors (Lipinski definition) is 5. The van der Waals surface area contributed by atoms with Crippen molar-refractivity contribution in [3.05, 3.63) is 70.3 Å². The van der Waals surface area contributed by atoms with Crippen molar-refractivity contribution in [2.45, 2.75) is 45.8 Å². The van der Waals surface area contributed by atoms with E-state index in [4.69, 9.17) is 9.15 Å². The molecule has 3 rings (SSSR count). The Labute approximate surface area is 163 Å². The molecule has 0 aliphatic heterocycles. The molecular weight excluding hydrogens is 356 g/mol. The van der Waals surface area contributed by atoms with Gasteiger partial charge in [-0.2, -0.15) is 0 Å². The minimum absolute atomic E-state index is 0.234. The van der Waals surface area contributed by atoms with Crippen LogP contribution in [0.5, 0.6) is 5.75 Å². The molecule has 3 aromatic rings. The highest BCUT2D eigenvalue weighted by atomic mass is 16.5. The number of fused-ring (bicyclic) bond motifs is 1. The molecule has 6 nitrogen and oxygen atoms in total. The Morgan fingerprint density at radius 1 is 1.29 bits per heavy atom. The Bertz CT molecular complexity index is 998. The second kappa shape index (κ2) is 9.17. The number of rotatable bonds is 8. The lowest BCUT2D eigenvalue weighted by Gasteiger charge is -2.15. The van der Waals surface area contributed by atoms with E-state index in [1.165, 1.54) is 0 Å². The third-order valence-electron chi connectivity index (χ3n) is 4.47. The third kappa shape index (κ3) is 4.97. The number of aromatic nitrogens is 1. The van der Waals surface area contributed by atoms with Crippen LogP contribution < -0.4 is 15.7 Å². The minimum Gasteiger partial charge on any atom is -0.481 e. The maximum atomic E-state index is 12.3. The summed E-state index contributed by atoms with van der Waals surface area (Å²) in [5.74, 6) is 0.245. The van der Waals surface area contributed by atoms with Crippen LogP contribution in [-0.4, -0.2) is 17.0 Å². The Morgan fingerprint density at radius 2 is 2.14 bits per heavy atom. The summed E-state index contributed by atoms with van der Waals surface area (Å²) >= 11 is 0. The van der Waals surface area contributed by atoms with Crippen molar-refractivity contribution >= 4 is 16.9 Å². The van der Waals surface area contributed by atoms with E-state index in [0.717, 1.165) is 35.8 Å². The van der Waals surface area contributed by atoms with Gasteiger partial charge in [-0.25, -0.2) is 4.79 Å². The quantitative estimate of drug-likeness (QED) is 0.604. The van der Waals surface area contributed by atoms with Crippen LogP contribution in [0.3, 0.4) is 0 Å². The highest BCUT2D eigenvalue weighted by Gasteiger charge is 2.15. The van der Waals surface area contributed by atoms with Crippen molar-refractivity contribution < 1.29 is 13.9 Å². The monoisotopic (exact) mass is 380 g/mol. The Morgan fingerprint density at radius 3 is 2.89 bits per heavy atom. The van der Waals surface area contributed by atoms with Gasteiger partial charge in [0.25, 0.3) is 5.91 Å². The Balaban J connectivity index is 1.69. The van der Waals surface area contributed by atoms with Crippen LogP contribution in [0.1, 0.15) is 37.8 Å². The molecule has 0 radical (unpaired) electrons. The molecule has 1 aromatic carbocycles. The molecule has 6 heteroatoms. The largest absolute Gasteiger partial charge is 0.481 e. The molecule has 1 N–H and O–H groups in total. The maximum absolute atomic E-state index is 12.3. The van der Waals surface area contributed by atoms with Gasteiger partial charge in [-0.05, 0) is 49.1 Å². The predicted molar refractivity (Wildman–Crippen MR) is 107 cm³/mol. The normalized spacial score (nSPS) is 11.9. The summed E-state index contributed by atoms with van der Waals surface area (Å²) < 4.78 is 11.1. The van der Waals surface area contributed by atoms with Crippen molar-refractivity contribution in [2.75, 3.05) is 0 Å². The number of aryl methyl sites for hydroxylation is 1. The number of unbranched alkanes of at least 4 members (excludes halogenated alkanes) is 1. The molecule has 1 atom stereocenters. The van der Waals surface area contributed by atoms with E-state index < -0.39 is 6.10 Å². The first-order valence-electron chi connectivity index (χ1n) is 9.47. The summed E-state index contributed by atoms with van der Waals surface area (Å²) in [5.41, 5.74) is 1.98. The average Bonchev–Trinajstić information content (AvgIpc) is 2.70. The van der Waals surface area contributed by atoms with Crippen LogP contribution >= 0.6 is 0 Å². The smallest absolute Gasteiger partial charge is 0.336 e. The molecule has 0 bridgehead atoms. The van der Waals surface area contributed by atoms with Crippen molar-refractivity contribution in [3.63, 3.8) is 0 Å². The third-order valence-corrected chi connectivity index (χ3v) is 4.47. The lowest BCUT2D eigenvalue weighted by atomic mass is 10.0. The number of benzene rings is 1. The average molecular weight is 380 g/mol. The molecule has 28 heavy (non-hydrogen) atoms. The second-order valence-electron chi connectivity index (χ2n) is 6.69. The second-order valence-corrected chi connectivity index (χ2v) is 6.69. The van der Waals surface area contributed by atoms with Gasteiger partial charge in [0, 0.05) is 36.5 Å². The highest BCUT2D eigenvalue weighted by molar-refractivity contribution is 5.83. The van der Waals surface area contributed by atoms with E-state index in [2.05, 4.69) is 17.2 Å². The Kier molecular flexibility index (Phi) is 6.42. The van der Waals surface area contributed by atoms with Crippen LogP contribution in [0.4, 0.5) is 0 Å². The van der Waals surface area contributed by atoms with Crippen molar-refractivity contribution in [3.8, 4) is 5.75 Å². The first-order chi connectivity index (χ1) is 13.6. The molecule has 1 amide bonds. The summed E-state index contributed by atoms with van der Waals surface area (Å²) in [4.78, 5) is 28.2. The zero-order valence-electron chi connectivity index (χ0n) is 16.1. The zero-order chi connectivity index (χ0) is 19.9. The van der Waals surface area contributed by atoms with Crippen LogP contribution in [-0.2, 0) is 17.8 Å². The summed E-state index contributed by atoms with van der Waals surface area (Å²) in [5, 5.41) is 3.72. The van der Waals surface area contributed by atoms with E-state index in [-0.39, 0.29) is 11.5 Å². The number of carbonyl (C=O) groups excluding carboxylic acids is 1. The zero-order valence-corrected chi connectivity index (χ0v) is 16.1. The number of amides is 1. The first-order valence-corrected chi connectivity index (χ1v) is 9.47. The molecule has 2 aromatic heterocycles. The lowest BCUT2D eigenvalue weighted by molar-refractivity contribution is -0.127. The van der Waals surface area contributed by atoms with Crippen molar-refractivity contribution in [1.29, 1.82) is 0 Å². The van der Waals surface area contributed by atoms with Crippen molar-refractivity contribution in [1.82, 2.24) is 10.3 Å². The predicted octanol–water partition coefficient (Wildman–Crippen LogP) is 3.61. The van der Waals surface area contributed by atoms with Crippen LogP contribution in [0.25, 0.3) is 11.0 Å². The highest BCUT2D eigenvalue weighted by Crippen LogP contribution is 2.24. The van der Waals surface area contributed by atoms with Gasteiger partial charge in [-0.3, -0.25) is 9.78 Å². The van der Waals surface area contributed by atoms with Gasteiger partial charge >= 0.3 is 5.63 Å². The van der Waals surface area contributed by atoms with E-state index in [1.54, 1.807) is 37.5 Å².